The molecule has 3 rings (SSSR count). The lowest BCUT2D eigenvalue weighted by molar-refractivity contribution is 0.377. The van der Waals surface area contributed by atoms with E-state index >= 15 is 0 Å². The Morgan fingerprint density at radius 1 is 1.43 bits per heavy atom. The summed E-state index contributed by atoms with van der Waals surface area (Å²) in [5, 5.41) is 0. The van der Waals surface area contributed by atoms with E-state index < -0.39 is 0 Å². The summed E-state index contributed by atoms with van der Waals surface area (Å²) < 4.78 is 0. The summed E-state index contributed by atoms with van der Waals surface area (Å²) in [5.74, 6) is 7.40. The van der Waals surface area contributed by atoms with Gasteiger partial charge in [-0.2, -0.15) is 0 Å². The molecule has 1 aromatic rings. The van der Waals surface area contributed by atoms with Crippen molar-refractivity contribution in [3.8, 4) is 11.8 Å². The molecule has 0 amide bonds. The van der Waals surface area contributed by atoms with Gasteiger partial charge in [0, 0.05) is 25.0 Å². The predicted molar refractivity (Wildman–Crippen MR) is 86.3 cm³/mol. The van der Waals surface area contributed by atoms with Gasteiger partial charge in [-0.25, -0.2) is 4.98 Å². The van der Waals surface area contributed by atoms with Gasteiger partial charge in [-0.05, 0) is 49.0 Å². The molecule has 1 aliphatic carbocycles. The first-order valence-corrected chi connectivity index (χ1v) is 7.33. The first kappa shape index (κ1) is 13.7. The average molecular weight is 276 g/mol. The van der Waals surface area contributed by atoms with E-state index in [1.54, 1.807) is 6.20 Å². The number of pyridine rings is 1. The zero-order valence-electron chi connectivity index (χ0n) is 12.5. The number of nitrogens with zero attached hydrogens (tertiary/aromatic N) is 2. The van der Waals surface area contributed by atoms with Crippen molar-refractivity contribution in [2.75, 3.05) is 13.1 Å². The molecule has 2 unspecified atom stereocenters. The summed E-state index contributed by atoms with van der Waals surface area (Å²) in [6.45, 7) is 11.9. The highest BCUT2D eigenvalue weighted by atomic mass is 15.2. The van der Waals surface area contributed by atoms with Crippen molar-refractivity contribution in [2.45, 2.75) is 13.3 Å². The van der Waals surface area contributed by atoms with Gasteiger partial charge in [-0.15, -0.1) is 0 Å². The lowest BCUT2D eigenvalue weighted by Gasteiger charge is -2.24. The van der Waals surface area contributed by atoms with E-state index in [0.717, 1.165) is 18.8 Å². The summed E-state index contributed by atoms with van der Waals surface area (Å²) in [4.78, 5) is 6.67. The van der Waals surface area contributed by atoms with E-state index in [1.165, 1.54) is 17.7 Å². The van der Waals surface area contributed by atoms with Crippen LogP contribution in [-0.4, -0.2) is 23.0 Å². The fraction of sp³-hybridized carbons (Fsp3) is 0.316. The molecule has 2 atom stereocenters. The Labute approximate surface area is 126 Å². The first-order valence-electron chi connectivity index (χ1n) is 7.33. The Bertz CT molecular complexity index is 660. The molecule has 0 bridgehead atoms. The van der Waals surface area contributed by atoms with Crippen LogP contribution >= 0.6 is 0 Å². The molecule has 0 N–H and O–H groups in total. The molecule has 0 spiro atoms. The van der Waals surface area contributed by atoms with E-state index in [0.29, 0.717) is 5.92 Å². The Morgan fingerprint density at radius 2 is 2.29 bits per heavy atom. The zero-order chi connectivity index (χ0) is 14.9. The van der Waals surface area contributed by atoms with Gasteiger partial charge in [-0.1, -0.05) is 31.2 Å². The van der Waals surface area contributed by atoms with Gasteiger partial charge < -0.3 is 4.90 Å². The minimum absolute atomic E-state index is 0.160. The number of allylic oxidation sites excluding steroid dienone is 3. The Morgan fingerprint density at radius 3 is 2.95 bits per heavy atom. The third-order valence-corrected chi connectivity index (χ3v) is 4.49. The van der Waals surface area contributed by atoms with Gasteiger partial charge in [0.15, 0.2) is 0 Å². The van der Waals surface area contributed by atoms with Crippen LogP contribution in [0.2, 0.25) is 0 Å². The smallest absolute Gasteiger partial charge is 0.113 e. The van der Waals surface area contributed by atoms with Gasteiger partial charge in [0.2, 0.25) is 0 Å². The van der Waals surface area contributed by atoms with E-state index in [2.05, 4.69) is 41.8 Å². The molecule has 1 saturated carbocycles. The van der Waals surface area contributed by atoms with Crippen molar-refractivity contribution in [3.05, 3.63) is 66.7 Å². The van der Waals surface area contributed by atoms with Crippen molar-refractivity contribution in [2.24, 2.45) is 11.3 Å². The summed E-state index contributed by atoms with van der Waals surface area (Å²) in [6, 6.07) is 5.86. The molecule has 2 aliphatic rings. The van der Waals surface area contributed by atoms with Crippen molar-refractivity contribution < 1.29 is 0 Å². The molecule has 1 aromatic heterocycles. The lowest BCUT2D eigenvalue weighted by Crippen LogP contribution is -2.24. The Kier molecular flexibility index (Phi) is 3.43. The van der Waals surface area contributed by atoms with Gasteiger partial charge in [-0.3, -0.25) is 0 Å². The van der Waals surface area contributed by atoms with Gasteiger partial charge >= 0.3 is 0 Å². The van der Waals surface area contributed by atoms with Crippen molar-refractivity contribution in [1.29, 1.82) is 0 Å². The van der Waals surface area contributed by atoms with Gasteiger partial charge in [0.05, 0.1) is 5.41 Å². The molecular formula is C19H20N2. The van der Waals surface area contributed by atoms with E-state index in [-0.39, 0.29) is 5.41 Å². The van der Waals surface area contributed by atoms with Gasteiger partial charge in [0.1, 0.15) is 5.69 Å². The maximum absolute atomic E-state index is 4.28. The zero-order valence-corrected chi connectivity index (χ0v) is 12.5. The summed E-state index contributed by atoms with van der Waals surface area (Å²) >= 11 is 0. The summed E-state index contributed by atoms with van der Waals surface area (Å²) in [7, 11) is 0. The number of rotatable bonds is 3. The van der Waals surface area contributed by atoms with Crippen LogP contribution in [0.4, 0.5) is 0 Å². The SMILES string of the molecule is C=C/C(C)=C(\C=C)N1CC2CC2(C#Cc2ccccn2)C1. The quantitative estimate of drug-likeness (QED) is 0.621. The molecule has 21 heavy (non-hydrogen) atoms. The van der Waals surface area contributed by atoms with Crippen LogP contribution in [0.1, 0.15) is 19.0 Å². The minimum atomic E-state index is 0.160. The Balaban J connectivity index is 1.78. The highest BCUT2D eigenvalue weighted by Crippen LogP contribution is 2.58. The van der Waals surface area contributed by atoms with E-state index in [1.807, 2.05) is 30.4 Å². The highest BCUT2D eigenvalue weighted by Gasteiger charge is 2.59. The standard InChI is InChI=1S/C19H20N2/c1-4-15(3)18(5-2)21-13-16-12-19(16,14-21)10-9-17-8-6-7-11-20-17/h4-8,11,16H,1-2,12-14H2,3H3/b18-15+. The highest BCUT2D eigenvalue weighted by molar-refractivity contribution is 5.38. The number of fused-ring (bicyclic) bond motifs is 1. The minimum Gasteiger partial charge on any atom is -0.369 e. The molecule has 2 nitrogen and oxygen atoms in total. The largest absolute Gasteiger partial charge is 0.369 e. The third kappa shape index (κ3) is 2.52. The van der Waals surface area contributed by atoms with Crippen LogP contribution in [0.5, 0.6) is 0 Å². The van der Waals surface area contributed by atoms with Gasteiger partial charge in [0.25, 0.3) is 0 Å². The third-order valence-electron chi connectivity index (χ3n) is 4.49. The fourth-order valence-electron chi connectivity index (χ4n) is 3.13. The maximum atomic E-state index is 4.28. The molecule has 0 aromatic carbocycles. The van der Waals surface area contributed by atoms with Crippen LogP contribution in [-0.2, 0) is 0 Å². The average Bonchev–Trinajstić information content (AvgIpc) is 3.08. The lowest BCUT2D eigenvalue weighted by atomic mass is 10.1. The predicted octanol–water partition coefficient (Wildman–Crippen LogP) is 3.40. The molecule has 2 fully saturated rings. The van der Waals surface area contributed by atoms with Crippen molar-refractivity contribution in [3.63, 3.8) is 0 Å². The molecular weight excluding hydrogens is 256 g/mol. The molecule has 1 saturated heterocycles. The number of aromatic nitrogens is 1. The van der Waals surface area contributed by atoms with Crippen LogP contribution in [0, 0.1) is 23.2 Å². The molecule has 0 radical (unpaired) electrons. The van der Waals surface area contributed by atoms with E-state index in [4.69, 9.17) is 0 Å². The summed E-state index contributed by atoms with van der Waals surface area (Å²) in [5.41, 5.74) is 3.39. The fourth-order valence-corrected chi connectivity index (χ4v) is 3.13. The second-order valence-electron chi connectivity index (χ2n) is 5.88. The van der Waals surface area contributed by atoms with Crippen LogP contribution in [0.3, 0.4) is 0 Å². The number of hydrogen-bond donors (Lipinski definition) is 0. The summed E-state index contributed by atoms with van der Waals surface area (Å²) in [6.07, 6.45) is 6.83. The van der Waals surface area contributed by atoms with Crippen LogP contribution in [0.25, 0.3) is 0 Å². The number of piperidine rings is 1. The van der Waals surface area contributed by atoms with Crippen LogP contribution < -0.4 is 0 Å². The molecule has 2 heteroatoms. The van der Waals surface area contributed by atoms with Crippen molar-refractivity contribution in [1.82, 2.24) is 9.88 Å². The number of hydrogen-bond acceptors (Lipinski definition) is 2. The maximum Gasteiger partial charge on any atom is 0.113 e. The number of likely N-dealkylation sites (tertiary alicyclic amines) is 1. The molecule has 1 aliphatic heterocycles. The Hall–Kier alpha value is -2.27. The topological polar surface area (TPSA) is 16.1 Å². The van der Waals surface area contributed by atoms with Crippen LogP contribution in [0.15, 0.2) is 61.0 Å². The first-order chi connectivity index (χ1) is 10.2. The monoisotopic (exact) mass is 276 g/mol. The van der Waals surface area contributed by atoms with Crippen molar-refractivity contribution >= 4 is 0 Å². The normalized spacial score (nSPS) is 27.1. The van der Waals surface area contributed by atoms with E-state index in [9.17, 15) is 0 Å². The second-order valence-corrected chi connectivity index (χ2v) is 5.88. The molecule has 2 heterocycles. The second kappa shape index (κ2) is 5.26. The molecule has 106 valence electrons.